The first-order valence-electron chi connectivity index (χ1n) is 5.84. The lowest BCUT2D eigenvalue weighted by molar-refractivity contribution is -0.385. The van der Waals surface area contributed by atoms with Crippen molar-refractivity contribution in [3.63, 3.8) is 0 Å². The summed E-state index contributed by atoms with van der Waals surface area (Å²) in [7, 11) is 0. The molecule has 0 heterocycles. The number of aliphatic hydroxyl groups excluding tert-OH is 1. The van der Waals surface area contributed by atoms with Crippen LogP contribution < -0.4 is 5.73 Å². The lowest BCUT2D eigenvalue weighted by Crippen LogP contribution is -2.26. The minimum Gasteiger partial charge on any atom is -0.391 e. The zero-order valence-corrected chi connectivity index (χ0v) is 13.0. The van der Waals surface area contributed by atoms with Gasteiger partial charge in [0.15, 0.2) is 0 Å². The average molecular weight is 354 g/mol. The van der Waals surface area contributed by atoms with E-state index in [0.717, 1.165) is 12.8 Å². The largest absolute Gasteiger partial charge is 0.391 e. The van der Waals surface area contributed by atoms with Gasteiger partial charge in [0.2, 0.25) is 0 Å². The molecule has 0 amide bonds. The summed E-state index contributed by atoms with van der Waals surface area (Å²) in [5.41, 5.74) is 6.45. The van der Waals surface area contributed by atoms with Gasteiger partial charge in [0.1, 0.15) is 0 Å². The number of nitrogens with two attached hydrogens (primary N) is 1. The fourth-order valence-electron chi connectivity index (χ4n) is 1.69. The van der Waals surface area contributed by atoms with Gasteiger partial charge in [0.05, 0.1) is 21.5 Å². The van der Waals surface area contributed by atoms with E-state index in [1.807, 2.05) is 6.92 Å². The Morgan fingerprint density at radius 1 is 1.53 bits per heavy atom. The maximum atomic E-state index is 10.8. The van der Waals surface area contributed by atoms with Crippen LogP contribution in [0.4, 0.5) is 5.69 Å². The molecule has 108 valence electrons. The number of unbranched alkanes of at least 4 members (excludes halogenated alkanes) is 1. The molecule has 19 heavy (non-hydrogen) atoms. The molecule has 0 saturated heterocycles. The van der Waals surface area contributed by atoms with Crippen LogP contribution in [0.15, 0.2) is 22.7 Å². The Hall–Kier alpha value is -0.690. The van der Waals surface area contributed by atoms with Gasteiger partial charge in [-0.05, 0) is 34.0 Å². The van der Waals surface area contributed by atoms with Gasteiger partial charge in [0, 0.05) is 6.07 Å². The summed E-state index contributed by atoms with van der Waals surface area (Å²) in [6.45, 7) is 2.03. The van der Waals surface area contributed by atoms with E-state index in [1.165, 1.54) is 6.07 Å². The van der Waals surface area contributed by atoms with Crippen LogP contribution in [0.3, 0.4) is 0 Å². The minimum absolute atomic E-state index is 0. The van der Waals surface area contributed by atoms with E-state index in [2.05, 4.69) is 15.9 Å². The molecule has 0 unspecified atom stereocenters. The Kier molecular flexibility index (Phi) is 8.17. The molecule has 7 heteroatoms. The van der Waals surface area contributed by atoms with E-state index in [-0.39, 0.29) is 18.1 Å². The Morgan fingerprint density at radius 3 is 2.68 bits per heavy atom. The molecule has 0 aromatic heterocycles. The van der Waals surface area contributed by atoms with Crippen molar-refractivity contribution in [1.29, 1.82) is 0 Å². The number of hydrogen-bond acceptors (Lipinski definition) is 4. The van der Waals surface area contributed by atoms with E-state index in [0.29, 0.717) is 16.5 Å². The standard InChI is InChI=1S/C12H17BrN2O3.ClH/c1-2-3-4-11(16)12(14)8-5-6-9(13)10(7-8)15(17)18;/h5-7,11-12,16H,2-4,14H2,1H3;1H/t11-,12+;/m0./s1. The van der Waals surface area contributed by atoms with Gasteiger partial charge in [-0.3, -0.25) is 10.1 Å². The van der Waals surface area contributed by atoms with Crippen molar-refractivity contribution in [1.82, 2.24) is 0 Å². The van der Waals surface area contributed by atoms with E-state index in [1.54, 1.807) is 12.1 Å². The van der Waals surface area contributed by atoms with Crippen molar-refractivity contribution in [2.75, 3.05) is 0 Å². The molecule has 0 spiro atoms. The minimum atomic E-state index is -0.675. The normalized spacial score (nSPS) is 13.5. The van der Waals surface area contributed by atoms with Crippen LogP contribution in [-0.4, -0.2) is 16.1 Å². The van der Waals surface area contributed by atoms with Crippen molar-refractivity contribution in [3.05, 3.63) is 38.3 Å². The molecule has 3 N–H and O–H groups in total. The van der Waals surface area contributed by atoms with Gasteiger partial charge in [-0.15, -0.1) is 12.4 Å². The van der Waals surface area contributed by atoms with Crippen LogP contribution >= 0.6 is 28.3 Å². The Labute approximate surface area is 126 Å². The highest BCUT2D eigenvalue weighted by molar-refractivity contribution is 9.10. The van der Waals surface area contributed by atoms with E-state index in [4.69, 9.17) is 5.73 Å². The average Bonchev–Trinajstić information content (AvgIpc) is 2.35. The van der Waals surface area contributed by atoms with Gasteiger partial charge in [-0.2, -0.15) is 0 Å². The molecular formula is C12H18BrClN2O3. The first-order valence-corrected chi connectivity index (χ1v) is 6.64. The number of hydrogen-bond donors (Lipinski definition) is 2. The summed E-state index contributed by atoms with van der Waals surface area (Å²) in [5.74, 6) is 0. The zero-order valence-electron chi connectivity index (χ0n) is 10.6. The van der Waals surface area contributed by atoms with Crippen molar-refractivity contribution < 1.29 is 10.0 Å². The second kappa shape index (κ2) is 8.47. The summed E-state index contributed by atoms with van der Waals surface area (Å²) < 4.78 is 0.409. The van der Waals surface area contributed by atoms with Gasteiger partial charge >= 0.3 is 0 Å². The van der Waals surface area contributed by atoms with Crippen LogP contribution in [0.1, 0.15) is 37.8 Å². The molecule has 1 aromatic carbocycles. The Bertz CT molecular complexity index is 431. The Balaban J connectivity index is 0.00000324. The van der Waals surface area contributed by atoms with Crippen molar-refractivity contribution >= 4 is 34.0 Å². The molecule has 1 aromatic rings. The first kappa shape index (κ1) is 18.3. The summed E-state index contributed by atoms with van der Waals surface area (Å²) in [6, 6.07) is 4.09. The van der Waals surface area contributed by atoms with Crippen LogP contribution in [0.25, 0.3) is 0 Å². The molecule has 0 radical (unpaired) electrons. The van der Waals surface area contributed by atoms with Gasteiger partial charge in [-0.25, -0.2) is 0 Å². The summed E-state index contributed by atoms with van der Waals surface area (Å²) >= 11 is 3.11. The number of aliphatic hydroxyl groups is 1. The molecule has 0 saturated carbocycles. The monoisotopic (exact) mass is 352 g/mol. The number of nitrogens with zero attached hydrogens (tertiary/aromatic N) is 1. The summed E-state index contributed by atoms with van der Waals surface area (Å²) in [4.78, 5) is 10.3. The summed E-state index contributed by atoms with van der Waals surface area (Å²) in [6.07, 6.45) is 1.78. The molecule has 0 fully saturated rings. The number of rotatable bonds is 6. The second-order valence-corrected chi connectivity index (χ2v) is 5.06. The molecule has 5 nitrogen and oxygen atoms in total. The SMILES string of the molecule is CCCC[C@H](O)[C@H](N)c1ccc(Br)c([N+](=O)[O-])c1.Cl. The number of nitro groups is 1. The molecule has 0 aliphatic heterocycles. The highest BCUT2D eigenvalue weighted by Gasteiger charge is 2.20. The molecule has 0 aliphatic carbocycles. The predicted octanol–water partition coefficient (Wildman–Crippen LogP) is 3.33. The van der Waals surface area contributed by atoms with Crippen molar-refractivity contribution in [2.45, 2.75) is 38.3 Å². The van der Waals surface area contributed by atoms with Gasteiger partial charge in [-0.1, -0.05) is 25.8 Å². The fourth-order valence-corrected chi connectivity index (χ4v) is 2.08. The molecule has 1 rings (SSSR count). The first-order chi connectivity index (χ1) is 8.47. The topological polar surface area (TPSA) is 89.4 Å². The maximum Gasteiger partial charge on any atom is 0.283 e. The lowest BCUT2D eigenvalue weighted by Gasteiger charge is -2.19. The maximum absolute atomic E-state index is 10.8. The smallest absolute Gasteiger partial charge is 0.283 e. The summed E-state index contributed by atoms with van der Waals surface area (Å²) in [5, 5.41) is 20.7. The van der Waals surface area contributed by atoms with Crippen LogP contribution in [-0.2, 0) is 0 Å². The third kappa shape index (κ3) is 5.06. The highest BCUT2D eigenvalue weighted by Crippen LogP contribution is 2.29. The fraction of sp³-hybridized carbons (Fsp3) is 0.500. The number of benzene rings is 1. The van der Waals surface area contributed by atoms with E-state index in [9.17, 15) is 15.2 Å². The number of nitro benzene ring substituents is 1. The van der Waals surface area contributed by atoms with E-state index < -0.39 is 17.1 Å². The van der Waals surface area contributed by atoms with Crippen LogP contribution in [0.5, 0.6) is 0 Å². The lowest BCUT2D eigenvalue weighted by atomic mass is 9.98. The predicted molar refractivity (Wildman–Crippen MR) is 80.5 cm³/mol. The highest BCUT2D eigenvalue weighted by atomic mass is 79.9. The van der Waals surface area contributed by atoms with Crippen LogP contribution in [0.2, 0.25) is 0 Å². The third-order valence-electron chi connectivity index (χ3n) is 2.82. The second-order valence-electron chi connectivity index (χ2n) is 4.20. The quantitative estimate of drug-likeness (QED) is 0.606. The molecule has 2 atom stereocenters. The molecule has 0 aliphatic rings. The van der Waals surface area contributed by atoms with Gasteiger partial charge in [0.25, 0.3) is 5.69 Å². The zero-order chi connectivity index (χ0) is 13.7. The van der Waals surface area contributed by atoms with Crippen molar-refractivity contribution in [3.8, 4) is 0 Å². The third-order valence-corrected chi connectivity index (χ3v) is 3.49. The molecule has 0 bridgehead atoms. The van der Waals surface area contributed by atoms with Crippen molar-refractivity contribution in [2.24, 2.45) is 5.73 Å². The Morgan fingerprint density at radius 2 is 2.16 bits per heavy atom. The van der Waals surface area contributed by atoms with Crippen LogP contribution in [0, 0.1) is 10.1 Å². The number of halogens is 2. The molecular weight excluding hydrogens is 336 g/mol. The van der Waals surface area contributed by atoms with Gasteiger partial charge < -0.3 is 10.8 Å². The van der Waals surface area contributed by atoms with E-state index >= 15 is 0 Å².